The molecule has 0 bridgehead atoms. The minimum Gasteiger partial charge on any atom is -0.298 e. The quantitative estimate of drug-likeness (QED) is 0.683. The molecule has 3 aromatic heterocycles. The SMILES string of the molecule is O=c1c2c(-c3cccs3)csc2ncn1CCBr. The molecule has 18 heavy (non-hydrogen) atoms. The highest BCUT2D eigenvalue weighted by atomic mass is 79.9. The summed E-state index contributed by atoms with van der Waals surface area (Å²) in [4.78, 5) is 18.7. The molecular formula is C12H9BrN2OS2. The molecule has 0 spiro atoms. The Labute approximate surface area is 120 Å². The lowest BCUT2D eigenvalue weighted by molar-refractivity contribution is 0.729. The van der Waals surface area contributed by atoms with Crippen molar-refractivity contribution in [2.24, 2.45) is 0 Å². The van der Waals surface area contributed by atoms with Crippen LogP contribution in [0.5, 0.6) is 0 Å². The van der Waals surface area contributed by atoms with Gasteiger partial charge in [0.15, 0.2) is 0 Å². The van der Waals surface area contributed by atoms with Gasteiger partial charge < -0.3 is 0 Å². The molecule has 0 aromatic carbocycles. The van der Waals surface area contributed by atoms with Crippen molar-refractivity contribution in [2.75, 3.05) is 5.33 Å². The van der Waals surface area contributed by atoms with Gasteiger partial charge in [0.05, 0.1) is 11.7 Å². The van der Waals surface area contributed by atoms with Gasteiger partial charge in [-0.25, -0.2) is 4.98 Å². The molecule has 0 saturated carbocycles. The van der Waals surface area contributed by atoms with Crippen molar-refractivity contribution in [2.45, 2.75) is 6.54 Å². The van der Waals surface area contributed by atoms with Crippen LogP contribution < -0.4 is 5.56 Å². The second kappa shape index (κ2) is 4.95. The summed E-state index contributed by atoms with van der Waals surface area (Å²) in [6, 6.07) is 4.03. The number of rotatable bonds is 3. The molecule has 0 N–H and O–H groups in total. The zero-order valence-corrected chi connectivity index (χ0v) is 12.5. The van der Waals surface area contributed by atoms with Crippen LogP contribution in [-0.4, -0.2) is 14.9 Å². The largest absolute Gasteiger partial charge is 0.298 e. The number of alkyl halides is 1. The molecule has 0 fully saturated rings. The monoisotopic (exact) mass is 340 g/mol. The Balaban J connectivity index is 2.29. The third-order valence-corrected chi connectivity index (χ3v) is 4.82. The summed E-state index contributed by atoms with van der Waals surface area (Å²) in [5, 5.41) is 5.53. The Hall–Kier alpha value is -0.980. The number of hydrogen-bond acceptors (Lipinski definition) is 4. The van der Waals surface area contributed by atoms with Gasteiger partial charge in [0.25, 0.3) is 5.56 Å². The molecule has 92 valence electrons. The molecule has 3 rings (SSSR count). The maximum absolute atomic E-state index is 12.4. The minimum atomic E-state index is 0.0455. The van der Waals surface area contributed by atoms with E-state index >= 15 is 0 Å². The van der Waals surface area contributed by atoms with Crippen molar-refractivity contribution in [1.82, 2.24) is 9.55 Å². The Morgan fingerprint density at radius 1 is 1.39 bits per heavy atom. The normalized spacial score (nSPS) is 11.2. The van der Waals surface area contributed by atoms with E-state index in [0.717, 1.165) is 26.0 Å². The number of thiophene rings is 2. The molecular weight excluding hydrogens is 332 g/mol. The number of halogens is 1. The first kappa shape index (κ1) is 12.1. The van der Waals surface area contributed by atoms with Gasteiger partial charge in [-0.1, -0.05) is 22.0 Å². The molecule has 0 atom stereocenters. The highest BCUT2D eigenvalue weighted by molar-refractivity contribution is 9.09. The van der Waals surface area contributed by atoms with E-state index in [2.05, 4.69) is 20.9 Å². The number of nitrogens with zero attached hydrogens (tertiary/aromatic N) is 2. The highest BCUT2D eigenvalue weighted by Crippen LogP contribution is 2.33. The summed E-state index contributed by atoms with van der Waals surface area (Å²) in [7, 11) is 0. The van der Waals surface area contributed by atoms with Crippen molar-refractivity contribution < 1.29 is 0 Å². The number of fused-ring (bicyclic) bond motifs is 1. The van der Waals surface area contributed by atoms with Crippen molar-refractivity contribution in [3.63, 3.8) is 0 Å². The molecule has 0 aliphatic rings. The van der Waals surface area contributed by atoms with Crippen molar-refractivity contribution in [1.29, 1.82) is 0 Å². The van der Waals surface area contributed by atoms with Gasteiger partial charge in [0.2, 0.25) is 0 Å². The average molecular weight is 341 g/mol. The Morgan fingerprint density at radius 2 is 2.28 bits per heavy atom. The van der Waals surface area contributed by atoms with Crippen LogP contribution in [0.1, 0.15) is 0 Å². The van der Waals surface area contributed by atoms with Gasteiger partial charge in [-0.2, -0.15) is 0 Å². The van der Waals surface area contributed by atoms with E-state index in [4.69, 9.17) is 0 Å². The van der Waals surface area contributed by atoms with E-state index < -0.39 is 0 Å². The van der Waals surface area contributed by atoms with Crippen LogP contribution in [0.3, 0.4) is 0 Å². The second-order valence-electron chi connectivity index (χ2n) is 3.74. The van der Waals surface area contributed by atoms with Crippen molar-refractivity contribution >= 4 is 48.8 Å². The first-order valence-corrected chi connectivity index (χ1v) is 8.26. The van der Waals surface area contributed by atoms with Crippen molar-refractivity contribution in [3.8, 4) is 10.4 Å². The Bertz CT molecular complexity index is 730. The predicted octanol–water partition coefficient (Wildman–Crippen LogP) is 3.58. The van der Waals surface area contributed by atoms with Crippen LogP contribution in [0.25, 0.3) is 20.7 Å². The van der Waals surface area contributed by atoms with Crippen LogP contribution in [0.15, 0.2) is 34.0 Å². The number of hydrogen-bond donors (Lipinski definition) is 0. The summed E-state index contributed by atoms with van der Waals surface area (Å²) in [5.74, 6) is 0. The lowest BCUT2D eigenvalue weighted by Crippen LogP contribution is -2.20. The molecule has 0 unspecified atom stereocenters. The lowest BCUT2D eigenvalue weighted by Gasteiger charge is -2.02. The summed E-state index contributed by atoms with van der Waals surface area (Å²) >= 11 is 6.52. The third-order valence-electron chi connectivity index (χ3n) is 2.67. The van der Waals surface area contributed by atoms with Gasteiger partial charge >= 0.3 is 0 Å². The van der Waals surface area contributed by atoms with E-state index in [1.54, 1.807) is 22.2 Å². The summed E-state index contributed by atoms with van der Waals surface area (Å²) < 4.78 is 1.65. The van der Waals surface area contributed by atoms with E-state index in [1.165, 1.54) is 11.3 Å². The first-order chi connectivity index (χ1) is 8.81. The summed E-state index contributed by atoms with van der Waals surface area (Å²) in [6.45, 7) is 0.640. The Morgan fingerprint density at radius 3 is 3.00 bits per heavy atom. The molecule has 0 radical (unpaired) electrons. The molecule has 0 aliphatic heterocycles. The molecule has 3 heterocycles. The van der Waals surface area contributed by atoms with E-state index in [9.17, 15) is 4.79 Å². The van der Waals surface area contributed by atoms with Crippen LogP contribution in [-0.2, 0) is 6.54 Å². The van der Waals surface area contributed by atoms with Crippen LogP contribution >= 0.6 is 38.6 Å². The number of aryl methyl sites for hydroxylation is 1. The number of aromatic nitrogens is 2. The van der Waals surface area contributed by atoms with Crippen LogP contribution in [0.4, 0.5) is 0 Å². The molecule has 0 saturated heterocycles. The van der Waals surface area contributed by atoms with E-state index in [0.29, 0.717) is 6.54 Å². The summed E-state index contributed by atoms with van der Waals surface area (Å²) in [5.41, 5.74) is 1.05. The molecule has 0 amide bonds. The third kappa shape index (κ3) is 1.94. The van der Waals surface area contributed by atoms with Gasteiger partial charge in [-0.3, -0.25) is 9.36 Å². The standard InChI is InChI=1S/C12H9BrN2OS2/c13-3-4-15-7-14-11-10(12(15)16)8(6-18-11)9-2-1-5-17-9/h1-2,5-7H,3-4H2. The van der Waals surface area contributed by atoms with E-state index in [1.807, 2.05) is 22.9 Å². The maximum atomic E-state index is 12.4. The first-order valence-electron chi connectivity index (χ1n) is 5.37. The highest BCUT2D eigenvalue weighted by Gasteiger charge is 2.13. The molecule has 6 heteroatoms. The molecule has 3 aromatic rings. The van der Waals surface area contributed by atoms with Crippen LogP contribution in [0.2, 0.25) is 0 Å². The minimum absolute atomic E-state index is 0.0455. The van der Waals surface area contributed by atoms with Gasteiger partial charge in [-0.05, 0) is 11.4 Å². The van der Waals surface area contributed by atoms with Gasteiger partial charge in [-0.15, -0.1) is 22.7 Å². The average Bonchev–Trinajstić information content (AvgIpc) is 3.00. The zero-order chi connectivity index (χ0) is 12.5. The zero-order valence-electron chi connectivity index (χ0n) is 9.30. The second-order valence-corrected chi connectivity index (χ2v) is 6.34. The Kier molecular flexibility index (Phi) is 3.32. The molecule has 0 aliphatic carbocycles. The topological polar surface area (TPSA) is 34.9 Å². The maximum Gasteiger partial charge on any atom is 0.262 e. The fourth-order valence-corrected chi connectivity index (χ4v) is 3.93. The van der Waals surface area contributed by atoms with E-state index in [-0.39, 0.29) is 5.56 Å². The van der Waals surface area contributed by atoms with Gasteiger partial charge in [0, 0.05) is 27.7 Å². The predicted molar refractivity (Wildman–Crippen MR) is 81.0 cm³/mol. The smallest absolute Gasteiger partial charge is 0.262 e. The van der Waals surface area contributed by atoms with Crippen molar-refractivity contribution in [3.05, 3.63) is 39.6 Å². The lowest BCUT2D eigenvalue weighted by atomic mass is 10.2. The molecule has 3 nitrogen and oxygen atoms in total. The van der Waals surface area contributed by atoms with Gasteiger partial charge in [0.1, 0.15) is 4.83 Å². The summed E-state index contributed by atoms with van der Waals surface area (Å²) in [6.07, 6.45) is 1.63. The van der Waals surface area contributed by atoms with Crippen LogP contribution in [0, 0.1) is 0 Å². The fraction of sp³-hybridized carbons (Fsp3) is 0.167. The fourth-order valence-electron chi connectivity index (χ4n) is 1.83.